The minimum absolute atomic E-state index is 0.180. The van der Waals surface area contributed by atoms with Crippen molar-refractivity contribution in [2.24, 2.45) is 0 Å². The molecule has 0 unspecified atom stereocenters. The summed E-state index contributed by atoms with van der Waals surface area (Å²) in [4.78, 5) is 16.6. The highest BCUT2D eigenvalue weighted by Gasteiger charge is 2.21. The molecule has 1 saturated carbocycles. The molecule has 1 heterocycles. The monoisotopic (exact) mass is 283 g/mol. The number of anilines is 2. The topological polar surface area (TPSA) is 74.2 Å². The SMILES string of the molecule is Cc1cc(O)ccc1NC(=O)c1cccc(NC2CC2)n1. The van der Waals surface area contributed by atoms with Gasteiger partial charge in [-0.15, -0.1) is 0 Å². The lowest BCUT2D eigenvalue weighted by Crippen LogP contribution is -2.15. The van der Waals surface area contributed by atoms with Crippen LogP contribution in [0.4, 0.5) is 11.5 Å². The average molecular weight is 283 g/mol. The molecular formula is C16H17N3O2. The highest BCUT2D eigenvalue weighted by atomic mass is 16.3. The van der Waals surface area contributed by atoms with Crippen molar-refractivity contribution < 1.29 is 9.90 Å². The molecule has 5 heteroatoms. The van der Waals surface area contributed by atoms with Crippen LogP contribution in [-0.4, -0.2) is 22.0 Å². The van der Waals surface area contributed by atoms with Crippen molar-refractivity contribution in [3.05, 3.63) is 47.7 Å². The zero-order valence-electron chi connectivity index (χ0n) is 11.8. The Bertz CT molecular complexity index is 681. The van der Waals surface area contributed by atoms with Crippen molar-refractivity contribution in [3.63, 3.8) is 0 Å². The lowest BCUT2D eigenvalue weighted by Gasteiger charge is -2.09. The van der Waals surface area contributed by atoms with Crippen LogP contribution in [0, 0.1) is 6.92 Å². The van der Waals surface area contributed by atoms with Crippen LogP contribution in [-0.2, 0) is 0 Å². The quantitative estimate of drug-likeness (QED) is 0.754. The molecule has 0 radical (unpaired) electrons. The Morgan fingerprint density at radius 1 is 1.29 bits per heavy atom. The molecule has 0 saturated heterocycles. The van der Waals surface area contributed by atoms with Gasteiger partial charge in [0.25, 0.3) is 5.91 Å². The van der Waals surface area contributed by atoms with Gasteiger partial charge < -0.3 is 15.7 Å². The highest BCUT2D eigenvalue weighted by Crippen LogP contribution is 2.24. The predicted octanol–water partition coefficient (Wildman–Crippen LogP) is 2.92. The fourth-order valence-electron chi connectivity index (χ4n) is 2.05. The minimum Gasteiger partial charge on any atom is -0.508 e. The second-order valence-electron chi connectivity index (χ2n) is 5.28. The van der Waals surface area contributed by atoms with Crippen molar-refractivity contribution in [2.45, 2.75) is 25.8 Å². The number of aromatic nitrogens is 1. The van der Waals surface area contributed by atoms with Crippen molar-refractivity contribution in [2.75, 3.05) is 10.6 Å². The van der Waals surface area contributed by atoms with Crippen LogP contribution >= 0.6 is 0 Å². The Balaban J connectivity index is 1.75. The summed E-state index contributed by atoms with van der Waals surface area (Å²) >= 11 is 0. The number of aromatic hydroxyl groups is 1. The highest BCUT2D eigenvalue weighted by molar-refractivity contribution is 6.03. The van der Waals surface area contributed by atoms with E-state index in [4.69, 9.17) is 0 Å². The molecule has 0 spiro atoms. The van der Waals surface area contributed by atoms with E-state index in [0.717, 1.165) is 24.2 Å². The molecule has 21 heavy (non-hydrogen) atoms. The first kappa shape index (κ1) is 13.4. The number of benzene rings is 1. The van der Waals surface area contributed by atoms with Gasteiger partial charge in [0.2, 0.25) is 0 Å². The van der Waals surface area contributed by atoms with Gasteiger partial charge in [-0.3, -0.25) is 4.79 Å². The van der Waals surface area contributed by atoms with Gasteiger partial charge in [-0.1, -0.05) is 6.07 Å². The lowest BCUT2D eigenvalue weighted by molar-refractivity contribution is 0.102. The van der Waals surface area contributed by atoms with Crippen LogP contribution < -0.4 is 10.6 Å². The number of phenolic OH excluding ortho intramolecular Hbond substituents is 1. The summed E-state index contributed by atoms with van der Waals surface area (Å²) in [6.07, 6.45) is 2.32. The summed E-state index contributed by atoms with van der Waals surface area (Å²) in [6.45, 7) is 1.83. The van der Waals surface area contributed by atoms with Crippen molar-refractivity contribution in [1.29, 1.82) is 0 Å². The molecule has 3 rings (SSSR count). The summed E-state index contributed by atoms with van der Waals surface area (Å²) in [7, 11) is 0. The van der Waals surface area contributed by atoms with Gasteiger partial charge in [0.1, 0.15) is 17.3 Å². The normalized spacial score (nSPS) is 13.8. The third-order valence-electron chi connectivity index (χ3n) is 3.37. The summed E-state index contributed by atoms with van der Waals surface area (Å²) in [5.41, 5.74) is 1.84. The number of hydrogen-bond acceptors (Lipinski definition) is 4. The second kappa shape index (κ2) is 5.44. The van der Waals surface area contributed by atoms with E-state index in [1.165, 1.54) is 0 Å². The predicted molar refractivity (Wildman–Crippen MR) is 81.7 cm³/mol. The molecule has 1 aromatic heterocycles. The minimum atomic E-state index is -0.261. The number of carbonyl (C=O) groups is 1. The number of hydrogen-bond donors (Lipinski definition) is 3. The Kier molecular flexibility index (Phi) is 3.48. The smallest absolute Gasteiger partial charge is 0.274 e. The Morgan fingerprint density at radius 2 is 2.10 bits per heavy atom. The summed E-state index contributed by atoms with van der Waals surface area (Å²) in [5.74, 6) is 0.648. The van der Waals surface area contributed by atoms with Gasteiger partial charge in [-0.05, 0) is 55.7 Å². The fourth-order valence-corrected chi connectivity index (χ4v) is 2.05. The first-order chi connectivity index (χ1) is 10.1. The summed E-state index contributed by atoms with van der Waals surface area (Å²) in [5, 5.41) is 15.5. The number of amides is 1. The zero-order chi connectivity index (χ0) is 14.8. The van der Waals surface area contributed by atoms with Gasteiger partial charge >= 0.3 is 0 Å². The molecule has 108 valence electrons. The summed E-state index contributed by atoms with van der Waals surface area (Å²) in [6, 6.07) is 10.7. The van der Waals surface area contributed by atoms with Crippen molar-refractivity contribution >= 4 is 17.4 Å². The van der Waals surface area contributed by atoms with E-state index in [9.17, 15) is 9.90 Å². The Hall–Kier alpha value is -2.56. The second-order valence-corrected chi connectivity index (χ2v) is 5.28. The number of aryl methyl sites for hydroxylation is 1. The molecule has 1 amide bonds. The van der Waals surface area contributed by atoms with Crippen LogP contribution in [0.5, 0.6) is 5.75 Å². The van der Waals surface area contributed by atoms with Crippen LogP contribution in [0.1, 0.15) is 28.9 Å². The Morgan fingerprint density at radius 3 is 2.81 bits per heavy atom. The molecule has 3 N–H and O–H groups in total. The molecule has 1 aliphatic carbocycles. The zero-order valence-corrected chi connectivity index (χ0v) is 11.8. The largest absolute Gasteiger partial charge is 0.508 e. The van der Waals surface area contributed by atoms with Crippen LogP contribution in [0.15, 0.2) is 36.4 Å². The number of carbonyl (C=O) groups excluding carboxylic acids is 1. The number of nitrogens with one attached hydrogen (secondary N) is 2. The van der Waals surface area contributed by atoms with E-state index >= 15 is 0 Å². The van der Waals surface area contributed by atoms with E-state index < -0.39 is 0 Å². The van der Waals surface area contributed by atoms with Gasteiger partial charge in [0.05, 0.1) is 0 Å². The first-order valence-corrected chi connectivity index (χ1v) is 6.96. The maximum atomic E-state index is 12.2. The van der Waals surface area contributed by atoms with Gasteiger partial charge in [0.15, 0.2) is 0 Å². The Labute approximate surface area is 123 Å². The van der Waals surface area contributed by atoms with E-state index in [2.05, 4.69) is 15.6 Å². The first-order valence-electron chi connectivity index (χ1n) is 6.96. The van der Waals surface area contributed by atoms with Gasteiger partial charge in [-0.2, -0.15) is 0 Å². The standard InChI is InChI=1S/C16H17N3O2/c1-10-9-12(20)7-8-13(10)19-16(21)14-3-2-4-15(18-14)17-11-5-6-11/h2-4,7-9,11,20H,5-6H2,1H3,(H,17,18)(H,19,21). The van der Waals surface area contributed by atoms with Crippen molar-refractivity contribution in [1.82, 2.24) is 4.98 Å². The lowest BCUT2D eigenvalue weighted by atomic mass is 10.2. The maximum Gasteiger partial charge on any atom is 0.274 e. The number of rotatable bonds is 4. The molecule has 1 fully saturated rings. The van der Waals surface area contributed by atoms with Crippen LogP contribution in [0.25, 0.3) is 0 Å². The van der Waals surface area contributed by atoms with E-state index in [-0.39, 0.29) is 11.7 Å². The molecule has 5 nitrogen and oxygen atoms in total. The molecule has 1 aliphatic rings. The number of nitrogens with zero attached hydrogens (tertiary/aromatic N) is 1. The summed E-state index contributed by atoms with van der Waals surface area (Å²) < 4.78 is 0. The van der Waals surface area contributed by atoms with Gasteiger partial charge in [0, 0.05) is 11.7 Å². The molecule has 0 atom stereocenters. The third kappa shape index (κ3) is 3.31. The number of pyridine rings is 1. The number of phenols is 1. The molecule has 2 aromatic rings. The third-order valence-corrected chi connectivity index (χ3v) is 3.37. The van der Waals surface area contributed by atoms with Crippen molar-refractivity contribution in [3.8, 4) is 5.75 Å². The molecular weight excluding hydrogens is 266 g/mol. The van der Waals surface area contributed by atoms with Crippen LogP contribution in [0.2, 0.25) is 0 Å². The molecule has 1 aromatic carbocycles. The van der Waals surface area contributed by atoms with E-state index in [1.807, 2.05) is 19.1 Å². The molecule has 0 bridgehead atoms. The molecule has 0 aliphatic heterocycles. The van der Waals surface area contributed by atoms with E-state index in [0.29, 0.717) is 17.4 Å². The van der Waals surface area contributed by atoms with Crippen LogP contribution in [0.3, 0.4) is 0 Å². The average Bonchev–Trinajstić information content (AvgIpc) is 3.26. The van der Waals surface area contributed by atoms with Gasteiger partial charge in [-0.25, -0.2) is 4.98 Å². The van der Waals surface area contributed by atoms with E-state index in [1.54, 1.807) is 24.3 Å². The fraction of sp³-hybridized carbons (Fsp3) is 0.250. The maximum absolute atomic E-state index is 12.2.